The zero-order valence-corrected chi connectivity index (χ0v) is 56.9. The van der Waals surface area contributed by atoms with E-state index in [1.807, 2.05) is 68.0 Å². The first-order valence-electron chi connectivity index (χ1n) is 31.9. The van der Waals surface area contributed by atoms with Crippen LogP contribution in [-0.4, -0.2) is 19.2 Å². The van der Waals surface area contributed by atoms with Crippen LogP contribution in [0.4, 0.5) is 0 Å². The highest BCUT2D eigenvalue weighted by Gasteiger charge is 2.53. The minimum atomic E-state index is -0.517. The molecule has 0 fully saturated rings. The summed E-state index contributed by atoms with van der Waals surface area (Å²) in [5.74, 6) is 0.936. The standard InChI is InChI=1S/C73H84O3S8/c1-7-12-17-22-27-49-31-35-64(77-49)72(65-36-32-50(78-65)28-23-18-13-8-2)57-41-53(46-74)81-68(57)70-59(72)44-62(83-70)55-43-61(76-39-26-21-16-11-5)56(40-48(55)6)63-45-60-71(84-63)69-58(42-54(47-75)82-69)73(60,66-37-33-51(79-66)29-24-19-14-9-3)67-38-34-52(80-67)30-25-20-15-10-4/h31-38,40-47H,7-30,39H2,1-6H3. The number of ether oxygens (including phenoxy) is 1. The van der Waals surface area contributed by atoms with Crippen LogP contribution in [0.15, 0.2) is 84.9 Å². The van der Waals surface area contributed by atoms with Gasteiger partial charge in [0.1, 0.15) is 5.75 Å². The Hall–Kier alpha value is -4.04. The molecule has 1 aromatic carbocycles. The maximum absolute atomic E-state index is 12.9. The molecule has 0 radical (unpaired) electrons. The van der Waals surface area contributed by atoms with E-state index in [-0.39, 0.29) is 0 Å². The molecule has 0 spiro atoms. The first-order valence-corrected chi connectivity index (χ1v) is 38.4. The van der Waals surface area contributed by atoms with Crippen molar-refractivity contribution in [2.75, 3.05) is 6.61 Å². The average Bonchev–Trinajstić information content (AvgIpc) is 1.56. The van der Waals surface area contributed by atoms with Gasteiger partial charge in [-0.1, -0.05) is 131 Å². The van der Waals surface area contributed by atoms with Gasteiger partial charge >= 0.3 is 0 Å². The lowest BCUT2D eigenvalue weighted by Crippen LogP contribution is -2.25. The highest BCUT2D eigenvalue weighted by atomic mass is 32.1. The van der Waals surface area contributed by atoms with E-state index in [4.69, 9.17) is 4.74 Å². The molecule has 0 saturated heterocycles. The van der Waals surface area contributed by atoms with Gasteiger partial charge in [-0.3, -0.25) is 9.59 Å². The Morgan fingerprint density at radius 3 is 1.08 bits per heavy atom. The monoisotopic (exact) mass is 1260 g/mol. The molecule has 0 aliphatic heterocycles. The van der Waals surface area contributed by atoms with Crippen molar-refractivity contribution in [3.8, 4) is 46.1 Å². The summed E-state index contributed by atoms with van der Waals surface area (Å²) in [6.07, 6.45) is 31.0. The van der Waals surface area contributed by atoms with E-state index < -0.39 is 10.8 Å². The van der Waals surface area contributed by atoms with Gasteiger partial charge in [-0.05, 0) is 183 Å². The van der Waals surface area contributed by atoms with Crippen LogP contribution >= 0.6 is 90.7 Å². The van der Waals surface area contributed by atoms with Gasteiger partial charge < -0.3 is 4.74 Å². The fourth-order valence-corrected chi connectivity index (χ4v) is 23.3. The Kier molecular flexibility index (Phi) is 20.8. The van der Waals surface area contributed by atoms with E-state index >= 15 is 0 Å². The Bertz CT molecular complexity index is 3540. The second kappa shape index (κ2) is 28.4. The van der Waals surface area contributed by atoms with Crippen LogP contribution in [0.5, 0.6) is 5.75 Å². The van der Waals surface area contributed by atoms with Gasteiger partial charge in [0.2, 0.25) is 0 Å². The fraction of sp³-hybridized carbons (Fsp3) is 0.452. The zero-order chi connectivity index (χ0) is 58.2. The summed E-state index contributed by atoms with van der Waals surface area (Å²) in [4.78, 5) is 46.1. The molecule has 2 aliphatic carbocycles. The first kappa shape index (κ1) is 61.6. The summed E-state index contributed by atoms with van der Waals surface area (Å²) < 4.78 is 7.15. The van der Waals surface area contributed by atoms with Gasteiger partial charge in [0, 0.05) is 54.3 Å². The second-order valence-corrected chi connectivity index (χ2v) is 32.5. The number of hydrogen-bond acceptors (Lipinski definition) is 11. The van der Waals surface area contributed by atoms with E-state index in [1.165, 1.54) is 217 Å². The molecule has 11 rings (SSSR count). The highest BCUT2D eigenvalue weighted by Crippen LogP contribution is 2.66. The summed E-state index contributed by atoms with van der Waals surface area (Å²) in [5, 5.41) is 0. The lowest BCUT2D eigenvalue weighted by atomic mass is 9.76. The fourth-order valence-electron chi connectivity index (χ4n) is 13.1. The molecular weight excluding hydrogens is 1180 g/mol. The number of hydrogen-bond donors (Lipinski definition) is 0. The third-order valence-corrected chi connectivity index (χ3v) is 27.4. The number of carbonyl (C=O) groups excluding carboxylic acids is 2. The molecule has 9 aromatic rings. The minimum Gasteiger partial charge on any atom is -0.493 e. The lowest BCUT2D eigenvalue weighted by molar-refractivity contribution is 0.111. The first-order chi connectivity index (χ1) is 41.2. The van der Waals surface area contributed by atoms with Crippen LogP contribution in [0.3, 0.4) is 0 Å². The molecule has 84 heavy (non-hydrogen) atoms. The number of unbranched alkanes of at least 4 members (excludes halogenated alkanes) is 15. The van der Waals surface area contributed by atoms with Crippen molar-refractivity contribution in [2.24, 2.45) is 0 Å². The number of thiophene rings is 8. The van der Waals surface area contributed by atoms with E-state index in [1.54, 1.807) is 22.7 Å². The van der Waals surface area contributed by atoms with Crippen LogP contribution in [0.25, 0.3) is 40.4 Å². The van der Waals surface area contributed by atoms with Crippen molar-refractivity contribution < 1.29 is 14.3 Å². The van der Waals surface area contributed by atoms with Gasteiger partial charge in [0.05, 0.1) is 46.7 Å². The van der Waals surface area contributed by atoms with E-state index in [0.717, 1.165) is 72.2 Å². The van der Waals surface area contributed by atoms with Gasteiger partial charge in [0.25, 0.3) is 0 Å². The number of aldehydes is 2. The van der Waals surface area contributed by atoms with Crippen LogP contribution in [0.1, 0.15) is 249 Å². The Morgan fingerprint density at radius 2 is 0.714 bits per heavy atom. The molecule has 442 valence electrons. The van der Waals surface area contributed by atoms with Crippen LogP contribution in [-0.2, 0) is 36.5 Å². The topological polar surface area (TPSA) is 43.4 Å². The lowest BCUT2D eigenvalue weighted by Gasteiger charge is -2.29. The minimum absolute atomic E-state index is 0.506. The maximum Gasteiger partial charge on any atom is 0.160 e. The highest BCUT2D eigenvalue weighted by molar-refractivity contribution is 7.26. The second-order valence-electron chi connectivity index (χ2n) is 23.6. The number of rotatable bonds is 34. The summed E-state index contributed by atoms with van der Waals surface area (Å²) >= 11 is 15.1. The third kappa shape index (κ3) is 12.1. The normalized spacial score (nSPS) is 13.6. The molecule has 8 aromatic heterocycles. The third-order valence-electron chi connectivity index (χ3n) is 17.6. The number of fused-ring (bicyclic) bond motifs is 6. The van der Waals surface area contributed by atoms with Crippen LogP contribution in [0, 0.1) is 6.92 Å². The number of benzene rings is 1. The van der Waals surface area contributed by atoms with Crippen molar-refractivity contribution in [1.29, 1.82) is 0 Å². The molecule has 0 atom stereocenters. The predicted molar refractivity (Wildman–Crippen MR) is 371 cm³/mol. The van der Waals surface area contributed by atoms with Crippen molar-refractivity contribution >= 4 is 103 Å². The Morgan fingerprint density at radius 1 is 0.369 bits per heavy atom. The molecule has 11 heteroatoms. The van der Waals surface area contributed by atoms with Crippen molar-refractivity contribution in [3.05, 3.63) is 162 Å². The summed E-state index contributed by atoms with van der Waals surface area (Å²) in [7, 11) is 0. The predicted octanol–water partition coefficient (Wildman–Crippen LogP) is 24.6. The Balaban J connectivity index is 1.05. The van der Waals surface area contributed by atoms with Gasteiger partial charge in [0.15, 0.2) is 12.6 Å². The summed E-state index contributed by atoms with van der Waals surface area (Å²) in [5.41, 5.74) is 7.80. The van der Waals surface area contributed by atoms with E-state index in [2.05, 4.69) is 126 Å². The van der Waals surface area contributed by atoms with Crippen molar-refractivity contribution in [2.45, 2.75) is 206 Å². The maximum atomic E-state index is 12.9. The molecule has 0 bridgehead atoms. The quantitative estimate of drug-likeness (QED) is 0.0298. The molecule has 2 aliphatic rings. The molecule has 0 unspecified atom stereocenters. The molecule has 0 saturated carbocycles. The number of aryl methyl sites for hydroxylation is 5. The van der Waals surface area contributed by atoms with Crippen LogP contribution < -0.4 is 4.74 Å². The van der Waals surface area contributed by atoms with E-state index in [9.17, 15) is 9.59 Å². The van der Waals surface area contributed by atoms with E-state index in [0.29, 0.717) is 6.61 Å². The molecule has 0 amide bonds. The van der Waals surface area contributed by atoms with Crippen molar-refractivity contribution in [3.63, 3.8) is 0 Å². The summed E-state index contributed by atoms with van der Waals surface area (Å²) in [6, 6.07) is 33.7. The van der Waals surface area contributed by atoms with Gasteiger partial charge in [-0.15, -0.1) is 90.7 Å². The zero-order valence-electron chi connectivity index (χ0n) is 50.4. The smallest absolute Gasteiger partial charge is 0.160 e. The summed E-state index contributed by atoms with van der Waals surface area (Å²) in [6.45, 7) is 14.4. The van der Waals surface area contributed by atoms with Gasteiger partial charge in [-0.25, -0.2) is 0 Å². The Labute approximate surface area is 533 Å². The molecule has 3 nitrogen and oxygen atoms in total. The van der Waals surface area contributed by atoms with Crippen LogP contribution in [0.2, 0.25) is 0 Å². The molecule has 8 heterocycles. The molecule has 0 N–H and O–H groups in total. The number of carbonyl (C=O) groups is 2. The molecular formula is C73H84O3S8. The SMILES string of the molecule is CCCCCCOc1cc(-c2cc3c(s2)-c2sc(C=O)cc2C3(c2ccc(CCCCCC)s2)c2ccc(CCCCCC)s2)c(C)cc1-c1cc2c(s1)-c1sc(C=O)cc1C2(c1ccc(CCCCCC)s1)c1ccc(CCCCCC)s1. The largest absolute Gasteiger partial charge is 0.493 e. The van der Waals surface area contributed by atoms with Gasteiger partial charge in [-0.2, -0.15) is 0 Å². The average molecular weight is 1270 g/mol. The van der Waals surface area contributed by atoms with Crippen molar-refractivity contribution in [1.82, 2.24) is 0 Å².